The first-order chi connectivity index (χ1) is 5.54. The standard InChI is InChI=1S/C8H6F4/c9-5-6-2-1-3-7(4-6)8(10,11)12/h1-4H,5H2. The van der Waals surface area contributed by atoms with Crippen LogP contribution in [0.25, 0.3) is 0 Å². The van der Waals surface area contributed by atoms with Gasteiger partial charge in [-0.1, -0.05) is 12.1 Å². The fraction of sp³-hybridized carbons (Fsp3) is 0.250. The fourth-order valence-electron chi connectivity index (χ4n) is 0.831. The quantitative estimate of drug-likeness (QED) is 0.579. The molecule has 0 unspecified atom stereocenters. The molecule has 12 heavy (non-hydrogen) atoms. The van der Waals surface area contributed by atoms with Crippen LogP contribution in [0.1, 0.15) is 11.1 Å². The topological polar surface area (TPSA) is 0 Å². The van der Waals surface area contributed by atoms with Gasteiger partial charge in [-0.05, 0) is 17.7 Å². The van der Waals surface area contributed by atoms with E-state index in [4.69, 9.17) is 0 Å². The Balaban J connectivity index is 3.02. The second kappa shape index (κ2) is 3.13. The van der Waals surface area contributed by atoms with E-state index in [1.165, 1.54) is 12.1 Å². The first kappa shape index (κ1) is 9.03. The third-order valence-electron chi connectivity index (χ3n) is 1.41. The van der Waals surface area contributed by atoms with Crippen molar-refractivity contribution < 1.29 is 17.6 Å². The highest BCUT2D eigenvalue weighted by Gasteiger charge is 2.30. The summed E-state index contributed by atoms with van der Waals surface area (Å²) < 4.78 is 47.9. The van der Waals surface area contributed by atoms with E-state index >= 15 is 0 Å². The lowest BCUT2D eigenvalue weighted by Crippen LogP contribution is -2.04. The van der Waals surface area contributed by atoms with Gasteiger partial charge in [0.05, 0.1) is 5.56 Å². The summed E-state index contributed by atoms with van der Waals surface area (Å²) in [6.07, 6.45) is -4.38. The molecule has 0 spiro atoms. The van der Waals surface area contributed by atoms with Crippen LogP contribution in [0.2, 0.25) is 0 Å². The van der Waals surface area contributed by atoms with Crippen molar-refractivity contribution in [2.45, 2.75) is 12.9 Å². The minimum Gasteiger partial charge on any atom is -0.246 e. The summed E-state index contributed by atoms with van der Waals surface area (Å²) in [6.45, 7) is -0.871. The molecule has 4 heteroatoms. The molecule has 0 aliphatic carbocycles. The van der Waals surface area contributed by atoms with Crippen LogP contribution in [0.3, 0.4) is 0 Å². The molecule has 0 aromatic heterocycles. The van der Waals surface area contributed by atoms with E-state index in [1.807, 2.05) is 0 Å². The Bertz CT molecular complexity index is 264. The lowest BCUT2D eigenvalue weighted by Gasteiger charge is -2.06. The van der Waals surface area contributed by atoms with E-state index in [1.54, 1.807) is 0 Å². The Morgan fingerprint density at radius 3 is 2.33 bits per heavy atom. The lowest BCUT2D eigenvalue weighted by atomic mass is 10.1. The van der Waals surface area contributed by atoms with Crippen LogP contribution in [0.5, 0.6) is 0 Å². The van der Waals surface area contributed by atoms with E-state index < -0.39 is 18.4 Å². The van der Waals surface area contributed by atoms with Crippen molar-refractivity contribution in [3.63, 3.8) is 0 Å². The zero-order chi connectivity index (χ0) is 9.19. The van der Waals surface area contributed by atoms with Crippen LogP contribution in [0, 0.1) is 0 Å². The van der Waals surface area contributed by atoms with Crippen molar-refractivity contribution in [2.75, 3.05) is 0 Å². The predicted octanol–water partition coefficient (Wildman–Crippen LogP) is 3.17. The SMILES string of the molecule is FCc1cccc(C(F)(F)F)c1. The largest absolute Gasteiger partial charge is 0.416 e. The van der Waals surface area contributed by atoms with Gasteiger partial charge < -0.3 is 0 Å². The normalized spacial score (nSPS) is 11.7. The molecule has 1 aromatic rings. The van der Waals surface area contributed by atoms with E-state index in [0.29, 0.717) is 0 Å². The van der Waals surface area contributed by atoms with Crippen LogP contribution in [-0.2, 0) is 12.9 Å². The molecule has 0 aliphatic heterocycles. The average molecular weight is 178 g/mol. The molecule has 0 amide bonds. The maximum absolute atomic E-state index is 12.0. The molecule has 0 N–H and O–H groups in total. The lowest BCUT2D eigenvalue weighted by molar-refractivity contribution is -0.137. The molecule has 0 atom stereocenters. The number of alkyl halides is 4. The highest BCUT2D eigenvalue weighted by molar-refractivity contribution is 5.24. The molecular formula is C8H6F4. The van der Waals surface area contributed by atoms with Gasteiger partial charge >= 0.3 is 6.18 Å². The van der Waals surface area contributed by atoms with Crippen LogP contribution < -0.4 is 0 Å². The Kier molecular flexibility index (Phi) is 2.35. The Morgan fingerprint density at radius 1 is 1.17 bits per heavy atom. The van der Waals surface area contributed by atoms with Gasteiger partial charge in [0, 0.05) is 0 Å². The molecule has 1 aromatic carbocycles. The van der Waals surface area contributed by atoms with Crippen molar-refractivity contribution in [2.24, 2.45) is 0 Å². The predicted molar refractivity (Wildman–Crippen MR) is 36.3 cm³/mol. The van der Waals surface area contributed by atoms with Gasteiger partial charge in [0.15, 0.2) is 0 Å². The van der Waals surface area contributed by atoms with Crippen molar-refractivity contribution in [3.05, 3.63) is 35.4 Å². The highest BCUT2D eigenvalue weighted by Crippen LogP contribution is 2.29. The van der Waals surface area contributed by atoms with E-state index in [9.17, 15) is 17.6 Å². The van der Waals surface area contributed by atoms with Crippen LogP contribution in [0.15, 0.2) is 24.3 Å². The number of rotatable bonds is 1. The fourth-order valence-corrected chi connectivity index (χ4v) is 0.831. The summed E-state index contributed by atoms with van der Waals surface area (Å²) in [7, 11) is 0. The average Bonchev–Trinajstić information content (AvgIpc) is 2.03. The van der Waals surface area contributed by atoms with E-state index in [0.717, 1.165) is 12.1 Å². The third-order valence-corrected chi connectivity index (χ3v) is 1.41. The van der Waals surface area contributed by atoms with Crippen LogP contribution in [0.4, 0.5) is 17.6 Å². The smallest absolute Gasteiger partial charge is 0.246 e. The molecule has 0 saturated heterocycles. The monoisotopic (exact) mass is 178 g/mol. The van der Waals surface area contributed by atoms with Gasteiger partial charge in [0.2, 0.25) is 0 Å². The maximum atomic E-state index is 12.0. The van der Waals surface area contributed by atoms with E-state index in [-0.39, 0.29) is 5.56 Å². The summed E-state index contributed by atoms with van der Waals surface area (Å²) >= 11 is 0. The third kappa shape index (κ3) is 1.96. The van der Waals surface area contributed by atoms with Crippen LogP contribution in [-0.4, -0.2) is 0 Å². The van der Waals surface area contributed by atoms with Crippen molar-refractivity contribution >= 4 is 0 Å². The van der Waals surface area contributed by atoms with Crippen molar-refractivity contribution in [3.8, 4) is 0 Å². The summed E-state index contributed by atoms with van der Waals surface area (Å²) in [5.41, 5.74) is -0.762. The molecule has 0 saturated carbocycles. The number of hydrogen-bond donors (Lipinski definition) is 0. The molecule has 0 aliphatic rings. The van der Waals surface area contributed by atoms with Crippen molar-refractivity contribution in [1.29, 1.82) is 0 Å². The molecule has 0 heterocycles. The Labute approximate surface area is 66.8 Å². The maximum Gasteiger partial charge on any atom is 0.416 e. The van der Waals surface area contributed by atoms with Gasteiger partial charge in [-0.25, -0.2) is 4.39 Å². The minimum atomic E-state index is -4.38. The molecule has 0 bridgehead atoms. The molecule has 0 radical (unpaired) electrons. The van der Waals surface area contributed by atoms with E-state index in [2.05, 4.69) is 0 Å². The number of benzene rings is 1. The van der Waals surface area contributed by atoms with Crippen LogP contribution >= 0.6 is 0 Å². The minimum absolute atomic E-state index is 0.0461. The number of halogens is 4. The summed E-state index contributed by atoms with van der Waals surface area (Å²) in [5, 5.41) is 0. The Hall–Kier alpha value is -1.06. The van der Waals surface area contributed by atoms with Gasteiger partial charge in [0.1, 0.15) is 6.67 Å². The van der Waals surface area contributed by atoms with Gasteiger partial charge in [0.25, 0.3) is 0 Å². The van der Waals surface area contributed by atoms with Gasteiger partial charge in [-0.2, -0.15) is 13.2 Å². The zero-order valence-corrected chi connectivity index (χ0v) is 6.03. The van der Waals surface area contributed by atoms with Gasteiger partial charge in [-0.15, -0.1) is 0 Å². The molecule has 0 nitrogen and oxygen atoms in total. The Morgan fingerprint density at radius 2 is 1.83 bits per heavy atom. The zero-order valence-electron chi connectivity index (χ0n) is 6.03. The van der Waals surface area contributed by atoms with Gasteiger partial charge in [-0.3, -0.25) is 0 Å². The van der Waals surface area contributed by atoms with Crippen molar-refractivity contribution in [1.82, 2.24) is 0 Å². The summed E-state index contributed by atoms with van der Waals surface area (Å²) in [5.74, 6) is 0. The second-order valence-electron chi connectivity index (χ2n) is 2.33. The molecular weight excluding hydrogens is 172 g/mol. The summed E-state index contributed by atoms with van der Waals surface area (Å²) in [6, 6.07) is 4.23. The first-order valence-corrected chi connectivity index (χ1v) is 3.26. The molecule has 66 valence electrons. The highest BCUT2D eigenvalue weighted by atomic mass is 19.4. The summed E-state index contributed by atoms with van der Waals surface area (Å²) in [4.78, 5) is 0. The second-order valence-corrected chi connectivity index (χ2v) is 2.33. The molecule has 0 fully saturated rings. The number of hydrogen-bond acceptors (Lipinski definition) is 0. The molecule has 1 rings (SSSR count). The first-order valence-electron chi connectivity index (χ1n) is 3.26.